The number of halogens is 1. The van der Waals surface area contributed by atoms with Crippen LogP contribution in [0.2, 0.25) is 5.02 Å². The lowest BCUT2D eigenvalue weighted by atomic mass is 10.1. The number of rotatable bonds is 7. The van der Waals surface area contributed by atoms with Gasteiger partial charge in [-0.25, -0.2) is 4.98 Å². The third-order valence-corrected chi connectivity index (χ3v) is 5.15. The number of methoxy groups -OCH3 is 1. The number of carbonyl (C=O) groups is 1. The third kappa shape index (κ3) is 4.84. The summed E-state index contributed by atoms with van der Waals surface area (Å²) in [5.74, 6) is 0.796. The van der Waals surface area contributed by atoms with E-state index in [-0.39, 0.29) is 12.3 Å². The van der Waals surface area contributed by atoms with Crippen LogP contribution in [0.25, 0.3) is 10.6 Å². The molecule has 0 saturated heterocycles. The van der Waals surface area contributed by atoms with Gasteiger partial charge in [0.05, 0.1) is 24.2 Å². The Kier molecular flexibility index (Phi) is 6.26. The maximum absolute atomic E-state index is 12.1. The van der Waals surface area contributed by atoms with E-state index in [9.17, 15) is 4.79 Å². The summed E-state index contributed by atoms with van der Waals surface area (Å²) in [7, 11) is 1.64. The largest absolute Gasteiger partial charge is 0.497 e. The van der Waals surface area contributed by atoms with Crippen LogP contribution in [0.4, 0.5) is 0 Å². The molecule has 2 aromatic carbocycles. The molecule has 4 nitrogen and oxygen atoms in total. The highest BCUT2D eigenvalue weighted by atomic mass is 35.5. The van der Waals surface area contributed by atoms with Crippen molar-refractivity contribution < 1.29 is 9.53 Å². The lowest BCUT2D eigenvalue weighted by molar-refractivity contribution is -0.120. The zero-order chi connectivity index (χ0) is 18.4. The van der Waals surface area contributed by atoms with Crippen LogP contribution in [0, 0.1) is 0 Å². The molecule has 134 valence electrons. The number of ether oxygens (including phenoxy) is 1. The second kappa shape index (κ2) is 8.83. The minimum absolute atomic E-state index is 0.0329. The van der Waals surface area contributed by atoms with Crippen molar-refractivity contribution in [2.24, 2.45) is 0 Å². The lowest BCUT2D eigenvalue weighted by Gasteiger charge is -2.05. The van der Waals surface area contributed by atoms with Crippen molar-refractivity contribution in [2.45, 2.75) is 12.8 Å². The minimum atomic E-state index is -0.0329. The fourth-order valence-electron chi connectivity index (χ4n) is 2.51. The first-order chi connectivity index (χ1) is 12.7. The second-order valence-electron chi connectivity index (χ2n) is 5.75. The van der Waals surface area contributed by atoms with E-state index in [1.165, 1.54) is 11.3 Å². The molecule has 0 spiro atoms. The van der Waals surface area contributed by atoms with Crippen LogP contribution in [-0.2, 0) is 17.6 Å². The fourth-order valence-corrected chi connectivity index (χ4v) is 3.65. The summed E-state index contributed by atoms with van der Waals surface area (Å²) in [5, 5.41) is 6.34. The van der Waals surface area contributed by atoms with Crippen molar-refractivity contribution >= 4 is 28.8 Å². The van der Waals surface area contributed by atoms with E-state index in [4.69, 9.17) is 16.3 Å². The Bertz CT molecular complexity index is 878. The zero-order valence-electron chi connectivity index (χ0n) is 14.4. The number of carbonyl (C=O) groups excluding carboxylic acids is 1. The number of nitrogens with one attached hydrogen (secondary N) is 1. The van der Waals surface area contributed by atoms with Gasteiger partial charge in [0, 0.05) is 17.5 Å². The average Bonchev–Trinajstić information content (AvgIpc) is 3.11. The Balaban J connectivity index is 1.50. The van der Waals surface area contributed by atoms with E-state index < -0.39 is 0 Å². The van der Waals surface area contributed by atoms with E-state index in [2.05, 4.69) is 10.3 Å². The number of benzene rings is 2. The van der Waals surface area contributed by atoms with E-state index >= 15 is 0 Å². The highest BCUT2D eigenvalue weighted by Crippen LogP contribution is 2.30. The molecule has 26 heavy (non-hydrogen) atoms. The van der Waals surface area contributed by atoms with E-state index in [0.29, 0.717) is 11.6 Å². The molecular weight excluding hydrogens is 368 g/mol. The molecule has 1 aromatic heterocycles. The SMILES string of the molecule is COc1ccc(CCNC(=O)Cc2csc(-c3ccccc3Cl)n2)cc1. The first kappa shape index (κ1) is 18.4. The molecule has 1 N–H and O–H groups in total. The summed E-state index contributed by atoms with van der Waals surface area (Å²) < 4.78 is 5.14. The van der Waals surface area contributed by atoms with Crippen LogP contribution in [-0.4, -0.2) is 24.5 Å². The van der Waals surface area contributed by atoms with Crippen molar-refractivity contribution in [3.8, 4) is 16.3 Å². The number of hydrogen-bond donors (Lipinski definition) is 1. The van der Waals surface area contributed by atoms with Crippen molar-refractivity contribution in [3.05, 3.63) is 70.2 Å². The van der Waals surface area contributed by atoms with Gasteiger partial charge in [-0.05, 0) is 30.2 Å². The molecule has 0 bridgehead atoms. The molecule has 0 saturated carbocycles. The Morgan fingerprint density at radius 1 is 1.19 bits per heavy atom. The van der Waals surface area contributed by atoms with Crippen molar-refractivity contribution in [1.82, 2.24) is 10.3 Å². The molecule has 0 unspecified atom stereocenters. The molecule has 0 fully saturated rings. The van der Waals surface area contributed by atoms with Crippen LogP contribution in [0.15, 0.2) is 53.9 Å². The van der Waals surface area contributed by atoms with Gasteiger partial charge in [-0.2, -0.15) is 0 Å². The number of aromatic nitrogens is 1. The summed E-state index contributed by atoms with van der Waals surface area (Å²) in [5.41, 5.74) is 2.80. The van der Waals surface area contributed by atoms with Gasteiger partial charge in [0.2, 0.25) is 5.91 Å². The van der Waals surface area contributed by atoms with Crippen molar-refractivity contribution in [3.63, 3.8) is 0 Å². The van der Waals surface area contributed by atoms with Crippen LogP contribution in [0.1, 0.15) is 11.3 Å². The maximum Gasteiger partial charge on any atom is 0.226 e. The third-order valence-electron chi connectivity index (χ3n) is 3.89. The number of nitrogens with zero attached hydrogens (tertiary/aromatic N) is 1. The molecular formula is C20H19ClN2O2S. The van der Waals surface area contributed by atoms with Crippen LogP contribution < -0.4 is 10.1 Å². The molecule has 0 aliphatic heterocycles. The predicted octanol–water partition coefficient (Wildman–Crippen LogP) is 4.37. The van der Waals surface area contributed by atoms with Crippen molar-refractivity contribution in [1.29, 1.82) is 0 Å². The van der Waals surface area contributed by atoms with Crippen LogP contribution in [0.5, 0.6) is 5.75 Å². The maximum atomic E-state index is 12.1. The molecule has 1 heterocycles. The summed E-state index contributed by atoms with van der Waals surface area (Å²) in [6.45, 7) is 0.590. The fraction of sp³-hybridized carbons (Fsp3) is 0.200. The summed E-state index contributed by atoms with van der Waals surface area (Å²) >= 11 is 7.69. The quantitative estimate of drug-likeness (QED) is 0.655. The van der Waals surface area contributed by atoms with Gasteiger partial charge in [-0.15, -0.1) is 11.3 Å². The molecule has 0 aliphatic rings. The smallest absolute Gasteiger partial charge is 0.226 e. The summed E-state index contributed by atoms with van der Waals surface area (Å²) in [6.07, 6.45) is 1.04. The predicted molar refractivity (Wildman–Crippen MR) is 106 cm³/mol. The Morgan fingerprint density at radius 2 is 1.96 bits per heavy atom. The van der Waals surface area contributed by atoms with E-state index in [1.807, 2.05) is 53.9 Å². The van der Waals surface area contributed by atoms with Gasteiger partial charge in [-0.3, -0.25) is 4.79 Å². The molecule has 3 aromatic rings. The molecule has 3 rings (SSSR count). The first-order valence-electron chi connectivity index (χ1n) is 8.24. The Hall–Kier alpha value is -2.37. The molecule has 0 atom stereocenters. The lowest BCUT2D eigenvalue weighted by Crippen LogP contribution is -2.27. The first-order valence-corrected chi connectivity index (χ1v) is 9.50. The highest BCUT2D eigenvalue weighted by molar-refractivity contribution is 7.13. The van der Waals surface area contributed by atoms with E-state index in [0.717, 1.165) is 34.0 Å². The van der Waals surface area contributed by atoms with Gasteiger partial charge < -0.3 is 10.1 Å². The zero-order valence-corrected chi connectivity index (χ0v) is 15.9. The monoisotopic (exact) mass is 386 g/mol. The van der Waals surface area contributed by atoms with Gasteiger partial charge in [0.15, 0.2) is 0 Å². The highest BCUT2D eigenvalue weighted by Gasteiger charge is 2.10. The number of amides is 1. The minimum Gasteiger partial charge on any atom is -0.497 e. The van der Waals surface area contributed by atoms with Gasteiger partial charge in [-0.1, -0.05) is 41.9 Å². The van der Waals surface area contributed by atoms with Gasteiger partial charge in [0.1, 0.15) is 10.8 Å². The number of thiazole rings is 1. The summed E-state index contributed by atoms with van der Waals surface area (Å²) in [4.78, 5) is 16.6. The van der Waals surface area contributed by atoms with Gasteiger partial charge in [0.25, 0.3) is 0 Å². The molecule has 1 amide bonds. The molecule has 6 heteroatoms. The van der Waals surface area contributed by atoms with E-state index in [1.54, 1.807) is 7.11 Å². The Morgan fingerprint density at radius 3 is 2.69 bits per heavy atom. The van der Waals surface area contributed by atoms with Gasteiger partial charge >= 0.3 is 0 Å². The number of hydrogen-bond acceptors (Lipinski definition) is 4. The second-order valence-corrected chi connectivity index (χ2v) is 7.01. The average molecular weight is 387 g/mol. The topological polar surface area (TPSA) is 51.2 Å². The molecule has 0 radical (unpaired) electrons. The normalized spacial score (nSPS) is 10.5. The standard InChI is InChI=1S/C20H19ClN2O2S/c1-25-16-8-6-14(7-9-16)10-11-22-19(24)12-15-13-26-20(23-15)17-4-2-3-5-18(17)21/h2-9,13H,10-12H2,1H3,(H,22,24). The summed E-state index contributed by atoms with van der Waals surface area (Å²) in [6, 6.07) is 15.4. The van der Waals surface area contributed by atoms with Crippen LogP contribution in [0.3, 0.4) is 0 Å². The van der Waals surface area contributed by atoms with Crippen LogP contribution >= 0.6 is 22.9 Å². The molecule has 0 aliphatic carbocycles. The Labute approximate surface area is 161 Å². The van der Waals surface area contributed by atoms with Crippen molar-refractivity contribution in [2.75, 3.05) is 13.7 Å².